The number of ketones is 1. The summed E-state index contributed by atoms with van der Waals surface area (Å²) in [6.45, 7) is 3.35. The summed E-state index contributed by atoms with van der Waals surface area (Å²) < 4.78 is 5.71. The van der Waals surface area contributed by atoms with Gasteiger partial charge in [0.1, 0.15) is 0 Å². The number of Topliss-reactive ketones (excluding diaryl/α,β-unsaturated/α-hetero) is 1. The van der Waals surface area contributed by atoms with Crippen LogP contribution in [0.1, 0.15) is 15.9 Å². The zero-order chi connectivity index (χ0) is 15.1. The van der Waals surface area contributed by atoms with E-state index in [2.05, 4.69) is 6.58 Å². The lowest BCUT2D eigenvalue weighted by molar-refractivity contribution is -0.0489. The second kappa shape index (κ2) is 6.97. The smallest absolute Gasteiger partial charge is 0.201 e. The number of aliphatic hydroxyl groups is 1. The molecule has 1 N–H and O–H groups in total. The zero-order valence-corrected chi connectivity index (χ0v) is 11.7. The SMILES string of the molecule is C=CCOC(CO)(C(=O)c1ccccc1)c1ccccc1. The summed E-state index contributed by atoms with van der Waals surface area (Å²) in [7, 11) is 0. The van der Waals surface area contributed by atoms with Gasteiger partial charge in [0.15, 0.2) is 5.60 Å². The van der Waals surface area contributed by atoms with Crippen LogP contribution in [-0.4, -0.2) is 24.1 Å². The molecule has 0 amide bonds. The zero-order valence-electron chi connectivity index (χ0n) is 11.7. The van der Waals surface area contributed by atoms with Crippen molar-refractivity contribution in [2.45, 2.75) is 5.60 Å². The quantitative estimate of drug-likeness (QED) is 0.627. The number of hydrogen-bond donors (Lipinski definition) is 1. The molecule has 2 aromatic rings. The van der Waals surface area contributed by atoms with Gasteiger partial charge in [0.25, 0.3) is 0 Å². The summed E-state index contributed by atoms with van der Waals surface area (Å²) in [6, 6.07) is 17.9. The highest BCUT2D eigenvalue weighted by molar-refractivity contribution is 6.03. The Bertz CT molecular complexity index is 592. The highest BCUT2D eigenvalue weighted by Crippen LogP contribution is 2.30. The Kier molecular flexibility index (Phi) is 5.04. The molecule has 0 saturated heterocycles. The summed E-state index contributed by atoms with van der Waals surface area (Å²) >= 11 is 0. The summed E-state index contributed by atoms with van der Waals surface area (Å²) in [5.41, 5.74) is -0.278. The maximum atomic E-state index is 12.9. The van der Waals surface area contributed by atoms with Gasteiger partial charge in [0.05, 0.1) is 13.2 Å². The minimum absolute atomic E-state index is 0.175. The molecule has 0 aliphatic rings. The van der Waals surface area contributed by atoms with E-state index in [9.17, 15) is 9.90 Å². The number of carbonyl (C=O) groups excluding carboxylic acids is 1. The maximum absolute atomic E-state index is 12.9. The molecule has 0 spiro atoms. The molecule has 2 aromatic carbocycles. The van der Waals surface area contributed by atoms with E-state index in [1.54, 1.807) is 42.5 Å². The van der Waals surface area contributed by atoms with Crippen molar-refractivity contribution in [3.05, 3.63) is 84.4 Å². The van der Waals surface area contributed by atoms with Gasteiger partial charge in [-0.25, -0.2) is 0 Å². The third kappa shape index (κ3) is 3.10. The first-order valence-electron chi connectivity index (χ1n) is 6.75. The molecule has 21 heavy (non-hydrogen) atoms. The minimum atomic E-state index is -1.41. The first-order valence-corrected chi connectivity index (χ1v) is 6.75. The van der Waals surface area contributed by atoms with Crippen molar-refractivity contribution in [3.63, 3.8) is 0 Å². The second-order valence-electron chi connectivity index (χ2n) is 4.65. The number of benzene rings is 2. The number of hydrogen-bond acceptors (Lipinski definition) is 3. The van der Waals surface area contributed by atoms with E-state index >= 15 is 0 Å². The average molecular weight is 282 g/mol. The fraction of sp³-hybridized carbons (Fsp3) is 0.167. The minimum Gasteiger partial charge on any atom is -0.392 e. The van der Waals surface area contributed by atoms with Gasteiger partial charge in [0.2, 0.25) is 5.78 Å². The molecule has 0 bridgehead atoms. The van der Waals surface area contributed by atoms with E-state index in [0.29, 0.717) is 11.1 Å². The van der Waals surface area contributed by atoms with Crippen LogP contribution in [0.5, 0.6) is 0 Å². The van der Waals surface area contributed by atoms with Crippen molar-refractivity contribution in [2.24, 2.45) is 0 Å². The van der Waals surface area contributed by atoms with Gasteiger partial charge < -0.3 is 9.84 Å². The molecule has 0 fully saturated rings. The highest BCUT2D eigenvalue weighted by Gasteiger charge is 2.41. The summed E-state index contributed by atoms with van der Waals surface area (Å²) in [6.07, 6.45) is 1.56. The number of ether oxygens (including phenoxy) is 1. The Morgan fingerprint density at radius 1 is 1.10 bits per heavy atom. The van der Waals surface area contributed by atoms with Crippen molar-refractivity contribution in [1.29, 1.82) is 0 Å². The van der Waals surface area contributed by atoms with Crippen LogP contribution in [0.15, 0.2) is 73.3 Å². The lowest BCUT2D eigenvalue weighted by atomic mass is 9.86. The Labute approximate surface area is 124 Å². The second-order valence-corrected chi connectivity index (χ2v) is 4.65. The Balaban J connectivity index is 2.49. The molecular weight excluding hydrogens is 264 g/mol. The molecule has 108 valence electrons. The van der Waals surface area contributed by atoms with Crippen LogP contribution in [0, 0.1) is 0 Å². The molecule has 0 aliphatic heterocycles. The van der Waals surface area contributed by atoms with Crippen LogP contribution < -0.4 is 0 Å². The van der Waals surface area contributed by atoms with Crippen LogP contribution in [0.4, 0.5) is 0 Å². The van der Waals surface area contributed by atoms with Crippen LogP contribution in [0.3, 0.4) is 0 Å². The molecule has 0 aromatic heterocycles. The van der Waals surface area contributed by atoms with E-state index in [1.807, 2.05) is 24.3 Å². The van der Waals surface area contributed by atoms with Crippen LogP contribution in [0.2, 0.25) is 0 Å². The highest BCUT2D eigenvalue weighted by atomic mass is 16.5. The topological polar surface area (TPSA) is 46.5 Å². The van der Waals surface area contributed by atoms with Crippen molar-refractivity contribution >= 4 is 5.78 Å². The molecule has 3 heteroatoms. The third-order valence-electron chi connectivity index (χ3n) is 3.31. The van der Waals surface area contributed by atoms with E-state index in [1.165, 1.54) is 0 Å². The predicted octanol–water partition coefficient (Wildman–Crippen LogP) is 2.96. The fourth-order valence-electron chi connectivity index (χ4n) is 2.22. The normalized spacial score (nSPS) is 13.4. The molecule has 1 unspecified atom stereocenters. The monoisotopic (exact) mass is 282 g/mol. The van der Waals surface area contributed by atoms with E-state index < -0.39 is 12.2 Å². The van der Waals surface area contributed by atoms with Gasteiger partial charge in [-0.05, 0) is 5.56 Å². The van der Waals surface area contributed by atoms with Gasteiger partial charge in [-0.15, -0.1) is 6.58 Å². The molecule has 0 saturated carbocycles. The Morgan fingerprint density at radius 3 is 2.19 bits per heavy atom. The van der Waals surface area contributed by atoms with Crippen LogP contribution >= 0.6 is 0 Å². The van der Waals surface area contributed by atoms with Crippen molar-refractivity contribution in [1.82, 2.24) is 0 Å². The summed E-state index contributed by atoms with van der Waals surface area (Å²) in [5.74, 6) is -0.265. The first-order chi connectivity index (χ1) is 10.2. The molecule has 0 radical (unpaired) electrons. The largest absolute Gasteiger partial charge is 0.392 e. The molecule has 2 rings (SSSR count). The maximum Gasteiger partial charge on any atom is 0.201 e. The standard InChI is InChI=1S/C18H18O3/c1-2-13-21-18(14-19,16-11-7-4-8-12-16)17(20)15-9-5-3-6-10-15/h2-12,19H,1,13-14H2. The number of aliphatic hydroxyl groups excluding tert-OH is 1. The molecule has 0 heterocycles. The third-order valence-corrected chi connectivity index (χ3v) is 3.31. The molecule has 3 nitrogen and oxygen atoms in total. The van der Waals surface area contributed by atoms with Gasteiger partial charge in [-0.1, -0.05) is 66.7 Å². The number of rotatable bonds is 7. The van der Waals surface area contributed by atoms with Crippen LogP contribution in [-0.2, 0) is 10.3 Å². The average Bonchev–Trinajstić information content (AvgIpc) is 2.57. The molecular formula is C18H18O3. The van der Waals surface area contributed by atoms with E-state index in [4.69, 9.17) is 4.74 Å². The van der Waals surface area contributed by atoms with Crippen molar-refractivity contribution in [2.75, 3.05) is 13.2 Å². The molecule has 1 atom stereocenters. The fourth-order valence-corrected chi connectivity index (χ4v) is 2.22. The lowest BCUT2D eigenvalue weighted by Crippen LogP contribution is -2.42. The van der Waals surface area contributed by atoms with E-state index in [-0.39, 0.29) is 12.4 Å². The summed E-state index contributed by atoms with van der Waals surface area (Å²) in [5, 5.41) is 9.91. The Morgan fingerprint density at radius 2 is 1.67 bits per heavy atom. The van der Waals surface area contributed by atoms with Gasteiger partial charge >= 0.3 is 0 Å². The first kappa shape index (κ1) is 15.2. The summed E-state index contributed by atoms with van der Waals surface area (Å²) in [4.78, 5) is 12.9. The lowest BCUT2D eigenvalue weighted by Gasteiger charge is -2.30. The van der Waals surface area contributed by atoms with Gasteiger partial charge in [-0.2, -0.15) is 0 Å². The van der Waals surface area contributed by atoms with Gasteiger partial charge in [0, 0.05) is 5.56 Å². The predicted molar refractivity (Wildman–Crippen MR) is 82.1 cm³/mol. The van der Waals surface area contributed by atoms with E-state index in [0.717, 1.165) is 0 Å². The number of carbonyl (C=O) groups is 1. The molecule has 0 aliphatic carbocycles. The Hall–Kier alpha value is -2.23. The van der Waals surface area contributed by atoms with Crippen LogP contribution in [0.25, 0.3) is 0 Å². The van der Waals surface area contributed by atoms with Crippen molar-refractivity contribution in [3.8, 4) is 0 Å². The van der Waals surface area contributed by atoms with Crippen molar-refractivity contribution < 1.29 is 14.6 Å². The van der Waals surface area contributed by atoms with Gasteiger partial charge in [-0.3, -0.25) is 4.79 Å².